The van der Waals surface area contributed by atoms with Crippen LogP contribution in [-0.2, 0) is 20.9 Å². The molecule has 1 atom stereocenters. The van der Waals surface area contributed by atoms with Gasteiger partial charge in [0.15, 0.2) is 11.5 Å². The molecule has 0 spiro atoms. The van der Waals surface area contributed by atoms with Crippen LogP contribution in [0.3, 0.4) is 0 Å². The number of ether oxygens (including phenoxy) is 3. The topological polar surface area (TPSA) is 88.9 Å². The number of nitrogens with zero attached hydrogens (tertiary/aromatic N) is 2. The van der Waals surface area contributed by atoms with Gasteiger partial charge in [0.25, 0.3) is 11.8 Å². The van der Waals surface area contributed by atoms with E-state index in [4.69, 9.17) is 14.2 Å². The number of benzene rings is 2. The Balaban J connectivity index is 1.63. The highest BCUT2D eigenvalue weighted by Crippen LogP contribution is 2.33. The summed E-state index contributed by atoms with van der Waals surface area (Å²) < 4.78 is 31.1. The van der Waals surface area contributed by atoms with E-state index in [0.717, 1.165) is 17.7 Å². The van der Waals surface area contributed by atoms with Crippen molar-refractivity contribution in [1.29, 1.82) is 5.26 Å². The lowest BCUT2D eigenvalue weighted by atomic mass is 9.93. The quantitative estimate of drug-likeness (QED) is 0.398. The predicted octanol–water partition coefficient (Wildman–Crippen LogP) is 4.57. The fraction of sp³-hybridized carbons (Fsp3) is 0.321. The third-order valence-electron chi connectivity index (χ3n) is 6.16. The van der Waals surface area contributed by atoms with E-state index < -0.39 is 11.8 Å². The van der Waals surface area contributed by atoms with Crippen molar-refractivity contribution < 1.29 is 28.2 Å². The molecule has 1 unspecified atom stereocenters. The smallest absolute Gasteiger partial charge is 0.271 e. The average molecular weight is 491 g/mol. The Kier molecular flexibility index (Phi) is 7.81. The summed E-state index contributed by atoms with van der Waals surface area (Å²) in [7, 11) is 0. The van der Waals surface area contributed by atoms with Gasteiger partial charge in [-0.3, -0.25) is 14.5 Å². The lowest BCUT2D eigenvalue weighted by Gasteiger charge is -2.29. The molecule has 2 aliphatic heterocycles. The van der Waals surface area contributed by atoms with E-state index in [1.165, 1.54) is 6.07 Å². The minimum atomic E-state index is -0.598. The lowest BCUT2D eigenvalue weighted by Crippen LogP contribution is -2.46. The SMILES string of the molecule is CCOc1cc(/C=C2/C(=O)N(CC3CCCO3)C(=O)C(C#N)=C2C)ccc1OCc1ccccc1F. The van der Waals surface area contributed by atoms with Crippen LogP contribution in [0.5, 0.6) is 11.5 Å². The summed E-state index contributed by atoms with van der Waals surface area (Å²) in [4.78, 5) is 27.3. The fourth-order valence-corrected chi connectivity index (χ4v) is 4.23. The van der Waals surface area contributed by atoms with Crippen molar-refractivity contribution in [3.05, 3.63) is 76.1 Å². The van der Waals surface area contributed by atoms with E-state index >= 15 is 0 Å². The van der Waals surface area contributed by atoms with E-state index in [1.54, 1.807) is 49.4 Å². The number of nitriles is 1. The molecule has 2 amide bonds. The monoisotopic (exact) mass is 490 g/mol. The average Bonchev–Trinajstić information content (AvgIpc) is 3.39. The summed E-state index contributed by atoms with van der Waals surface area (Å²) in [6.45, 7) is 4.53. The van der Waals surface area contributed by atoms with Crippen molar-refractivity contribution in [3.8, 4) is 17.6 Å². The van der Waals surface area contributed by atoms with Gasteiger partial charge in [0, 0.05) is 17.7 Å². The van der Waals surface area contributed by atoms with E-state index in [2.05, 4.69) is 0 Å². The molecule has 0 saturated carbocycles. The first-order valence-corrected chi connectivity index (χ1v) is 11.9. The molecule has 2 aliphatic rings. The van der Waals surface area contributed by atoms with Crippen LogP contribution in [0, 0.1) is 17.1 Å². The number of amides is 2. The number of rotatable bonds is 8. The first kappa shape index (κ1) is 25.1. The number of carbonyl (C=O) groups excluding carboxylic acids is 2. The van der Waals surface area contributed by atoms with Crippen molar-refractivity contribution >= 4 is 17.9 Å². The zero-order valence-corrected chi connectivity index (χ0v) is 20.3. The molecule has 7 nitrogen and oxygen atoms in total. The van der Waals surface area contributed by atoms with Crippen LogP contribution in [0.2, 0.25) is 0 Å². The molecule has 1 fully saturated rings. The van der Waals surface area contributed by atoms with Gasteiger partial charge in [-0.2, -0.15) is 5.26 Å². The summed E-state index contributed by atoms with van der Waals surface area (Å²) in [5.41, 5.74) is 1.57. The molecule has 0 radical (unpaired) electrons. The Morgan fingerprint density at radius 2 is 1.97 bits per heavy atom. The second kappa shape index (κ2) is 11.2. The Labute approximate surface area is 209 Å². The number of hydrogen-bond acceptors (Lipinski definition) is 6. The summed E-state index contributed by atoms with van der Waals surface area (Å²) in [6.07, 6.45) is 3.03. The minimum absolute atomic E-state index is 0.0271. The van der Waals surface area contributed by atoms with Gasteiger partial charge in [0.1, 0.15) is 24.1 Å². The third kappa shape index (κ3) is 5.31. The van der Waals surface area contributed by atoms with Crippen molar-refractivity contribution in [2.45, 2.75) is 39.4 Å². The minimum Gasteiger partial charge on any atom is -0.490 e. The molecular weight excluding hydrogens is 463 g/mol. The maximum Gasteiger partial charge on any atom is 0.271 e. The lowest BCUT2D eigenvalue weighted by molar-refractivity contribution is -0.142. The zero-order chi connectivity index (χ0) is 25.7. The first-order chi connectivity index (χ1) is 17.4. The summed E-state index contributed by atoms with van der Waals surface area (Å²) in [5, 5.41) is 9.62. The Morgan fingerprint density at radius 1 is 1.17 bits per heavy atom. The van der Waals surface area contributed by atoms with Gasteiger partial charge in [-0.25, -0.2) is 4.39 Å². The molecule has 186 valence electrons. The van der Waals surface area contributed by atoms with Gasteiger partial charge in [-0.15, -0.1) is 0 Å². The van der Waals surface area contributed by atoms with Gasteiger partial charge in [0.05, 0.1) is 19.3 Å². The molecule has 8 heteroatoms. The van der Waals surface area contributed by atoms with Crippen molar-refractivity contribution in [2.24, 2.45) is 0 Å². The molecule has 0 aliphatic carbocycles. The maximum absolute atomic E-state index is 14.0. The number of imide groups is 1. The number of halogens is 1. The maximum atomic E-state index is 14.0. The van der Waals surface area contributed by atoms with Crippen LogP contribution in [0.1, 0.15) is 37.8 Å². The first-order valence-electron chi connectivity index (χ1n) is 11.9. The molecule has 0 bridgehead atoms. The largest absolute Gasteiger partial charge is 0.490 e. The van der Waals surface area contributed by atoms with Crippen LogP contribution in [0.25, 0.3) is 6.08 Å². The van der Waals surface area contributed by atoms with E-state index in [-0.39, 0.29) is 36.2 Å². The Hall–Kier alpha value is -3.96. The summed E-state index contributed by atoms with van der Waals surface area (Å²) in [5.74, 6) is -0.562. The van der Waals surface area contributed by atoms with Crippen LogP contribution < -0.4 is 9.47 Å². The standard InChI is InChI=1S/C28H27FN2O5/c1-3-34-26-14-19(10-11-25(26)36-17-20-7-4-5-9-24(20)29)13-22-18(2)23(15-30)28(33)31(27(22)32)16-21-8-6-12-35-21/h4-5,7,9-11,13-14,21H,3,6,8,12,16-17H2,1-2H3/b22-13+. The van der Waals surface area contributed by atoms with Crippen molar-refractivity contribution in [1.82, 2.24) is 4.90 Å². The third-order valence-corrected chi connectivity index (χ3v) is 6.16. The summed E-state index contributed by atoms with van der Waals surface area (Å²) >= 11 is 0. The second-order valence-corrected chi connectivity index (χ2v) is 8.55. The number of hydrogen-bond donors (Lipinski definition) is 0. The van der Waals surface area contributed by atoms with E-state index in [9.17, 15) is 19.2 Å². The van der Waals surface area contributed by atoms with E-state index in [1.807, 2.05) is 13.0 Å². The molecule has 1 saturated heterocycles. The molecule has 2 aromatic carbocycles. The van der Waals surface area contributed by atoms with Crippen molar-refractivity contribution in [3.63, 3.8) is 0 Å². The fourth-order valence-electron chi connectivity index (χ4n) is 4.23. The molecular formula is C28H27FN2O5. The predicted molar refractivity (Wildman–Crippen MR) is 130 cm³/mol. The van der Waals surface area contributed by atoms with Gasteiger partial charge >= 0.3 is 0 Å². The molecule has 4 rings (SSSR count). The van der Waals surface area contributed by atoms with Crippen LogP contribution in [0.15, 0.2) is 59.2 Å². The number of carbonyl (C=O) groups is 2. The second-order valence-electron chi connectivity index (χ2n) is 8.55. The van der Waals surface area contributed by atoms with E-state index in [0.29, 0.717) is 41.4 Å². The van der Waals surface area contributed by atoms with Crippen molar-refractivity contribution in [2.75, 3.05) is 19.8 Å². The molecule has 2 heterocycles. The molecule has 0 aromatic heterocycles. The molecule has 2 aromatic rings. The molecule has 36 heavy (non-hydrogen) atoms. The normalized spacial score (nSPS) is 19.1. The Bertz CT molecular complexity index is 1270. The van der Waals surface area contributed by atoms with Gasteiger partial charge in [-0.05, 0) is 62.1 Å². The van der Waals surface area contributed by atoms with Crippen LogP contribution in [0.4, 0.5) is 4.39 Å². The molecule has 0 N–H and O–H groups in total. The van der Waals surface area contributed by atoms with Crippen LogP contribution in [-0.4, -0.2) is 42.6 Å². The zero-order valence-electron chi connectivity index (χ0n) is 20.3. The van der Waals surface area contributed by atoms with Crippen LogP contribution >= 0.6 is 0 Å². The highest BCUT2D eigenvalue weighted by atomic mass is 19.1. The highest BCUT2D eigenvalue weighted by Gasteiger charge is 2.37. The Morgan fingerprint density at radius 3 is 2.67 bits per heavy atom. The van der Waals surface area contributed by atoms with Gasteiger partial charge in [-0.1, -0.05) is 24.3 Å². The highest BCUT2D eigenvalue weighted by molar-refractivity contribution is 6.19. The van der Waals surface area contributed by atoms with Gasteiger partial charge < -0.3 is 14.2 Å². The summed E-state index contributed by atoms with van der Waals surface area (Å²) in [6, 6.07) is 13.5. The van der Waals surface area contributed by atoms with Gasteiger partial charge in [0.2, 0.25) is 0 Å².